The van der Waals surface area contributed by atoms with Gasteiger partial charge in [-0.1, -0.05) is 13.3 Å². The van der Waals surface area contributed by atoms with Crippen LogP contribution < -0.4 is 0 Å². The highest BCUT2D eigenvalue weighted by molar-refractivity contribution is 4.66. The fourth-order valence-corrected chi connectivity index (χ4v) is 0.997. The minimum absolute atomic E-state index is 0.123. The second-order valence-corrected chi connectivity index (χ2v) is 3.60. The lowest BCUT2D eigenvalue weighted by Crippen LogP contribution is -2.30. The van der Waals surface area contributed by atoms with Crippen LogP contribution in [0.5, 0.6) is 0 Å². The zero-order valence-electron chi connectivity index (χ0n) is 8.85. The van der Waals surface area contributed by atoms with Gasteiger partial charge < -0.3 is 9.47 Å². The molecular weight excluding hydrogens is 152 g/mol. The van der Waals surface area contributed by atoms with Gasteiger partial charge in [-0.3, -0.25) is 0 Å². The number of unbranched alkanes of at least 4 members (excludes halogenated alkanes) is 1. The predicted molar refractivity (Wildman–Crippen MR) is 51.4 cm³/mol. The van der Waals surface area contributed by atoms with E-state index in [1.807, 2.05) is 6.92 Å². The predicted octanol–water partition coefficient (Wildman–Crippen LogP) is 2.62. The van der Waals surface area contributed by atoms with E-state index in [1.165, 1.54) is 6.42 Å². The summed E-state index contributed by atoms with van der Waals surface area (Å²) in [5, 5.41) is 0. The summed E-state index contributed by atoms with van der Waals surface area (Å²) in [6.07, 6.45) is 2.33. The van der Waals surface area contributed by atoms with Gasteiger partial charge in [0, 0.05) is 13.2 Å². The summed E-state index contributed by atoms with van der Waals surface area (Å²) in [7, 11) is 0. The van der Waals surface area contributed by atoms with E-state index in [-0.39, 0.29) is 5.60 Å². The number of hydrogen-bond acceptors (Lipinski definition) is 2. The van der Waals surface area contributed by atoms with Crippen LogP contribution in [0.2, 0.25) is 0 Å². The van der Waals surface area contributed by atoms with Crippen LogP contribution in [0.4, 0.5) is 0 Å². The first-order chi connectivity index (χ1) is 5.62. The zero-order chi connectivity index (χ0) is 9.45. The van der Waals surface area contributed by atoms with E-state index in [1.54, 1.807) is 0 Å². The molecule has 0 aliphatic rings. The summed E-state index contributed by atoms with van der Waals surface area (Å²) in [5.41, 5.74) is -0.123. The van der Waals surface area contributed by atoms with Crippen LogP contribution in [0.25, 0.3) is 0 Å². The Balaban J connectivity index is 3.33. The number of ether oxygens (including phenoxy) is 2. The third-order valence-electron chi connectivity index (χ3n) is 1.63. The molecule has 0 bridgehead atoms. The van der Waals surface area contributed by atoms with Crippen molar-refractivity contribution in [3.05, 3.63) is 0 Å². The van der Waals surface area contributed by atoms with E-state index >= 15 is 0 Å². The molecule has 0 atom stereocenters. The molecule has 2 heteroatoms. The summed E-state index contributed by atoms with van der Waals surface area (Å²) < 4.78 is 11.0. The van der Waals surface area contributed by atoms with Gasteiger partial charge in [0.2, 0.25) is 0 Å². The normalized spacial score (nSPS) is 12.0. The van der Waals surface area contributed by atoms with Gasteiger partial charge in [-0.25, -0.2) is 0 Å². The molecule has 0 aromatic rings. The molecule has 0 saturated carbocycles. The van der Waals surface area contributed by atoms with Gasteiger partial charge in [-0.15, -0.1) is 0 Å². The molecule has 0 rings (SSSR count). The fourth-order valence-electron chi connectivity index (χ4n) is 0.997. The van der Waals surface area contributed by atoms with Crippen molar-refractivity contribution in [2.45, 2.75) is 46.1 Å². The SMILES string of the molecule is CCCCOCC(C)(C)OCC. The second kappa shape index (κ2) is 6.44. The van der Waals surface area contributed by atoms with Gasteiger partial charge in [0.1, 0.15) is 0 Å². The topological polar surface area (TPSA) is 18.5 Å². The molecule has 0 aliphatic carbocycles. The maximum atomic E-state index is 5.48. The molecule has 0 aromatic carbocycles. The van der Waals surface area contributed by atoms with E-state index < -0.39 is 0 Å². The average Bonchev–Trinajstić information content (AvgIpc) is 1.98. The summed E-state index contributed by atoms with van der Waals surface area (Å²) in [4.78, 5) is 0. The van der Waals surface area contributed by atoms with E-state index in [2.05, 4.69) is 20.8 Å². The van der Waals surface area contributed by atoms with E-state index in [9.17, 15) is 0 Å². The standard InChI is InChI=1S/C10H22O2/c1-5-7-8-11-9-10(3,4)12-6-2/h5-9H2,1-4H3. The molecule has 12 heavy (non-hydrogen) atoms. The first-order valence-electron chi connectivity index (χ1n) is 4.84. The lowest BCUT2D eigenvalue weighted by atomic mass is 10.1. The molecule has 0 heterocycles. The van der Waals surface area contributed by atoms with Gasteiger partial charge in [0.25, 0.3) is 0 Å². The number of hydrogen-bond donors (Lipinski definition) is 0. The largest absolute Gasteiger partial charge is 0.378 e. The van der Waals surface area contributed by atoms with Crippen LogP contribution in [0.3, 0.4) is 0 Å². The lowest BCUT2D eigenvalue weighted by molar-refractivity contribution is -0.0707. The maximum Gasteiger partial charge on any atom is 0.0858 e. The summed E-state index contributed by atoms with van der Waals surface area (Å²) in [6, 6.07) is 0. The van der Waals surface area contributed by atoms with Crippen molar-refractivity contribution in [3.8, 4) is 0 Å². The smallest absolute Gasteiger partial charge is 0.0858 e. The monoisotopic (exact) mass is 174 g/mol. The Bertz CT molecular complexity index is 100. The highest BCUT2D eigenvalue weighted by Crippen LogP contribution is 2.09. The molecule has 0 spiro atoms. The van der Waals surface area contributed by atoms with Crippen LogP contribution in [0.1, 0.15) is 40.5 Å². The van der Waals surface area contributed by atoms with E-state index in [0.717, 1.165) is 19.6 Å². The average molecular weight is 174 g/mol. The van der Waals surface area contributed by atoms with E-state index in [4.69, 9.17) is 9.47 Å². The molecule has 0 saturated heterocycles. The minimum atomic E-state index is -0.123. The van der Waals surface area contributed by atoms with Crippen LogP contribution in [0.15, 0.2) is 0 Å². The van der Waals surface area contributed by atoms with Gasteiger partial charge in [0.05, 0.1) is 12.2 Å². The molecule has 74 valence electrons. The van der Waals surface area contributed by atoms with Crippen LogP contribution in [0, 0.1) is 0 Å². The van der Waals surface area contributed by atoms with Crippen molar-refractivity contribution in [2.75, 3.05) is 19.8 Å². The Morgan fingerprint density at radius 3 is 2.33 bits per heavy atom. The molecule has 0 unspecified atom stereocenters. The Labute approximate surface area is 76.3 Å². The number of rotatable bonds is 7. The zero-order valence-corrected chi connectivity index (χ0v) is 8.85. The summed E-state index contributed by atoms with van der Waals surface area (Å²) in [5.74, 6) is 0. The molecule has 0 aliphatic heterocycles. The van der Waals surface area contributed by atoms with Crippen LogP contribution in [-0.4, -0.2) is 25.4 Å². The van der Waals surface area contributed by atoms with Crippen molar-refractivity contribution in [1.82, 2.24) is 0 Å². The Morgan fingerprint density at radius 1 is 1.17 bits per heavy atom. The molecule has 0 aromatic heterocycles. The van der Waals surface area contributed by atoms with Crippen LogP contribution in [-0.2, 0) is 9.47 Å². The minimum Gasteiger partial charge on any atom is -0.378 e. The van der Waals surface area contributed by atoms with Crippen molar-refractivity contribution in [1.29, 1.82) is 0 Å². The highest BCUT2D eigenvalue weighted by Gasteiger charge is 2.16. The van der Waals surface area contributed by atoms with Crippen molar-refractivity contribution in [2.24, 2.45) is 0 Å². The molecule has 0 fully saturated rings. The first-order valence-corrected chi connectivity index (χ1v) is 4.84. The molecule has 2 nitrogen and oxygen atoms in total. The van der Waals surface area contributed by atoms with Crippen molar-refractivity contribution >= 4 is 0 Å². The van der Waals surface area contributed by atoms with Crippen molar-refractivity contribution in [3.63, 3.8) is 0 Å². The molecular formula is C10H22O2. The van der Waals surface area contributed by atoms with Gasteiger partial charge in [0.15, 0.2) is 0 Å². The quantitative estimate of drug-likeness (QED) is 0.552. The van der Waals surface area contributed by atoms with Crippen LogP contribution >= 0.6 is 0 Å². The highest BCUT2D eigenvalue weighted by atomic mass is 16.5. The Hall–Kier alpha value is -0.0800. The first kappa shape index (κ1) is 11.9. The molecule has 0 amide bonds. The summed E-state index contributed by atoms with van der Waals surface area (Å²) >= 11 is 0. The molecule has 0 N–H and O–H groups in total. The second-order valence-electron chi connectivity index (χ2n) is 3.60. The summed E-state index contributed by atoms with van der Waals surface area (Å²) in [6.45, 7) is 10.6. The Kier molecular flexibility index (Phi) is 6.39. The van der Waals surface area contributed by atoms with Crippen molar-refractivity contribution < 1.29 is 9.47 Å². The molecule has 0 radical (unpaired) electrons. The van der Waals surface area contributed by atoms with E-state index in [0.29, 0.717) is 6.61 Å². The maximum absolute atomic E-state index is 5.48. The fraction of sp³-hybridized carbons (Fsp3) is 1.00. The van der Waals surface area contributed by atoms with Gasteiger partial charge >= 0.3 is 0 Å². The van der Waals surface area contributed by atoms with Gasteiger partial charge in [-0.05, 0) is 27.2 Å². The van der Waals surface area contributed by atoms with Gasteiger partial charge in [-0.2, -0.15) is 0 Å². The Morgan fingerprint density at radius 2 is 1.83 bits per heavy atom. The third kappa shape index (κ3) is 6.62. The third-order valence-corrected chi connectivity index (χ3v) is 1.63. The lowest BCUT2D eigenvalue weighted by Gasteiger charge is -2.24.